The van der Waals surface area contributed by atoms with Gasteiger partial charge in [0.15, 0.2) is 0 Å². The molecule has 1 spiro atoms. The van der Waals surface area contributed by atoms with E-state index in [0.29, 0.717) is 38.0 Å². The lowest BCUT2D eigenvalue weighted by Gasteiger charge is -2.39. The lowest BCUT2D eigenvalue weighted by Crippen LogP contribution is -2.45. The monoisotopic (exact) mass is 559 g/mol. The van der Waals surface area contributed by atoms with Gasteiger partial charge in [0.2, 0.25) is 5.89 Å². The van der Waals surface area contributed by atoms with Crippen molar-refractivity contribution in [1.82, 2.24) is 14.5 Å². The highest BCUT2D eigenvalue weighted by molar-refractivity contribution is 6.08. The summed E-state index contributed by atoms with van der Waals surface area (Å²) in [7, 11) is 0. The number of benzene rings is 3. The Morgan fingerprint density at radius 2 is 1.67 bits per heavy atom. The first-order valence-electron chi connectivity index (χ1n) is 15.0. The highest BCUT2D eigenvalue weighted by atomic mass is 16.5. The summed E-state index contributed by atoms with van der Waals surface area (Å²) in [6, 6.07) is 25.1. The Bertz CT molecular complexity index is 1790. The first-order chi connectivity index (χ1) is 20.3. The zero-order chi connectivity index (χ0) is 29.0. The minimum atomic E-state index is -0.270. The third-order valence-electron chi connectivity index (χ3n) is 9.34. The van der Waals surface area contributed by atoms with Crippen molar-refractivity contribution in [2.45, 2.75) is 65.2 Å². The van der Waals surface area contributed by atoms with E-state index < -0.39 is 0 Å². The second-order valence-electron chi connectivity index (χ2n) is 12.1. The number of aromatic nitrogens is 2. The normalized spacial score (nSPS) is 16.1. The van der Waals surface area contributed by atoms with Crippen LogP contribution in [0.15, 0.2) is 77.2 Å². The average molecular weight is 560 g/mol. The molecule has 0 radical (unpaired) electrons. The van der Waals surface area contributed by atoms with E-state index in [9.17, 15) is 4.79 Å². The van der Waals surface area contributed by atoms with Gasteiger partial charge in [-0.1, -0.05) is 68.4 Å². The number of likely N-dealkylation sites (tertiary alicyclic amines) is 1. The van der Waals surface area contributed by atoms with Crippen LogP contribution in [0.4, 0.5) is 0 Å². The van der Waals surface area contributed by atoms with Crippen molar-refractivity contribution in [2.75, 3.05) is 13.1 Å². The van der Waals surface area contributed by atoms with E-state index in [4.69, 9.17) is 14.1 Å². The number of piperidine rings is 1. The molecule has 0 atom stereocenters. The van der Waals surface area contributed by atoms with Gasteiger partial charge in [0.25, 0.3) is 5.91 Å². The molecular weight excluding hydrogens is 522 g/mol. The second-order valence-corrected chi connectivity index (χ2v) is 12.1. The van der Waals surface area contributed by atoms with Gasteiger partial charge < -0.3 is 18.6 Å². The van der Waals surface area contributed by atoms with Crippen LogP contribution in [0.25, 0.3) is 22.4 Å². The zero-order valence-electron chi connectivity index (χ0n) is 24.8. The maximum atomic E-state index is 14.1. The van der Waals surface area contributed by atoms with Gasteiger partial charge >= 0.3 is 0 Å². The number of ether oxygens (including phenoxy) is 1. The van der Waals surface area contributed by atoms with Crippen molar-refractivity contribution in [2.24, 2.45) is 0 Å². The van der Waals surface area contributed by atoms with Gasteiger partial charge in [0, 0.05) is 35.2 Å². The third kappa shape index (κ3) is 4.36. The van der Waals surface area contributed by atoms with Gasteiger partial charge in [-0.15, -0.1) is 0 Å². The van der Waals surface area contributed by atoms with Crippen LogP contribution >= 0.6 is 0 Å². The molecule has 2 aliphatic heterocycles. The SMILES string of the molecule is Cc1oc(-c2ccc(C(C)C)cc2)nc1Cn1c(C)c(C(=O)N2CCC3(CC2)OCc2ccccc23)c2ccccc21. The maximum Gasteiger partial charge on any atom is 0.256 e. The minimum absolute atomic E-state index is 0.0892. The number of fused-ring (bicyclic) bond motifs is 3. The van der Waals surface area contributed by atoms with Crippen LogP contribution < -0.4 is 0 Å². The summed E-state index contributed by atoms with van der Waals surface area (Å²) < 4.78 is 14.7. The van der Waals surface area contributed by atoms with Crippen LogP contribution in [0.3, 0.4) is 0 Å². The number of carbonyl (C=O) groups is 1. The van der Waals surface area contributed by atoms with Gasteiger partial charge in [0.1, 0.15) is 11.5 Å². The molecule has 6 nitrogen and oxygen atoms in total. The Kier molecular flexibility index (Phi) is 6.54. The number of hydrogen-bond donors (Lipinski definition) is 0. The topological polar surface area (TPSA) is 60.5 Å². The number of carbonyl (C=O) groups excluding carboxylic acids is 1. The summed E-state index contributed by atoms with van der Waals surface area (Å²) in [5.41, 5.74) is 8.19. The quantitative estimate of drug-likeness (QED) is 0.221. The first-order valence-corrected chi connectivity index (χ1v) is 15.0. The lowest BCUT2D eigenvalue weighted by atomic mass is 9.83. The summed E-state index contributed by atoms with van der Waals surface area (Å²) >= 11 is 0. The molecule has 2 aromatic heterocycles. The molecule has 5 aromatic rings. The summed E-state index contributed by atoms with van der Waals surface area (Å²) in [6.45, 7) is 10.9. The van der Waals surface area contributed by atoms with Crippen LogP contribution in [0.1, 0.15) is 76.8 Å². The molecule has 7 rings (SSSR count). The van der Waals surface area contributed by atoms with Gasteiger partial charge in [-0.05, 0) is 67.5 Å². The van der Waals surface area contributed by atoms with E-state index in [-0.39, 0.29) is 11.5 Å². The van der Waals surface area contributed by atoms with E-state index in [1.807, 2.05) is 24.0 Å². The smallest absolute Gasteiger partial charge is 0.256 e. The van der Waals surface area contributed by atoms with Crippen molar-refractivity contribution in [3.63, 3.8) is 0 Å². The Balaban J connectivity index is 1.16. The Labute approximate surface area is 246 Å². The van der Waals surface area contributed by atoms with Crippen molar-refractivity contribution < 1.29 is 13.9 Å². The molecular formula is C36H37N3O3. The molecule has 0 unspecified atom stereocenters. The predicted molar refractivity (Wildman–Crippen MR) is 165 cm³/mol. The van der Waals surface area contributed by atoms with E-state index in [0.717, 1.165) is 52.0 Å². The molecule has 0 bridgehead atoms. The second kappa shape index (κ2) is 10.3. The molecule has 42 heavy (non-hydrogen) atoms. The molecule has 0 N–H and O–H groups in total. The summed E-state index contributed by atoms with van der Waals surface area (Å²) in [5.74, 6) is 1.98. The Hall–Kier alpha value is -4.16. The molecule has 6 heteroatoms. The van der Waals surface area contributed by atoms with Gasteiger partial charge in [-0.2, -0.15) is 0 Å². The molecule has 0 saturated carbocycles. The fourth-order valence-electron chi connectivity index (χ4n) is 6.79. The highest BCUT2D eigenvalue weighted by Gasteiger charge is 2.43. The largest absolute Gasteiger partial charge is 0.441 e. The summed E-state index contributed by atoms with van der Waals surface area (Å²) in [5, 5.41) is 0.980. The van der Waals surface area contributed by atoms with Gasteiger partial charge in [0.05, 0.1) is 24.3 Å². The predicted octanol–water partition coefficient (Wildman–Crippen LogP) is 7.75. The number of nitrogens with zero attached hydrogens (tertiary/aromatic N) is 3. The number of oxazole rings is 1. The summed E-state index contributed by atoms with van der Waals surface area (Å²) in [6.07, 6.45) is 1.62. The van der Waals surface area contributed by atoms with Crippen LogP contribution in [0.5, 0.6) is 0 Å². The van der Waals surface area contributed by atoms with Crippen molar-refractivity contribution in [1.29, 1.82) is 0 Å². The Morgan fingerprint density at radius 3 is 2.43 bits per heavy atom. The molecule has 214 valence electrons. The average Bonchev–Trinajstić information content (AvgIpc) is 3.65. The fraction of sp³-hybridized carbons (Fsp3) is 0.333. The zero-order valence-corrected chi connectivity index (χ0v) is 24.8. The van der Waals surface area contributed by atoms with Crippen LogP contribution in [-0.4, -0.2) is 33.4 Å². The van der Waals surface area contributed by atoms with Crippen molar-refractivity contribution in [3.05, 3.63) is 112 Å². The maximum absolute atomic E-state index is 14.1. The van der Waals surface area contributed by atoms with Gasteiger partial charge in [-0.3, -0.25) is 4.79 Å². The fourth-order valence-corrected chi connectivity index (χ4v) is 6.79. The molecule has 3 aromatic carbocycles. The van der Waals surface area contributed by atoms with Crippen molar-refractivity contribution >= 4 is 16.8 Å². The van der Waals surface area contributed by atoms with E-state index >= 15 is 0 Å². The molecule has 1 amide bonds. The van der Waals surface area contributed by atoms with Crippen LogP contribution in [0, 0.1) is 13.8 Å². The standard InChI is InChI=1S/C36H37N3O3/c1-23(2)26-13-15-27(16-14-26)34-37-31(25(4)42-34)21-39-24(3)33(29-10-6-8-12-32(29)39)35(40)38-19-17-36(18-20-38)30-11-7-5-9-28(30)22-41-36/h5-16,23H,17-22H2,1-4H3. The molecule has 1 fully saturated rings. The van der Waals surface area contributed by atoms with Crippen molar-refractivity contribution in [3.8, 4) is 11.5 Å². The van der Waals surface area contributed by atoms with E-state index in [1.165, 1.54) is 16.7 Å². The molecule has 0 aliphatic carbocycles. The summed E-state index contributed by atoms with van der Waals surface area (Å²) in [4.78, 5) is 21.0. The van der Waals surface area contributed by atoms with E-state index in [1.54, 1.807) is 0 Å². The molecule has 1 saturated heterocycles. The first kappa shape index (κ1) is 26.7. The number of aryl methyl sites for hydroxylation is 1. The van der Waals surface area contributed by atoms with Gasteiger partial charge in [-0.25, -0.2) is 4.98 Å². The Morgan fingerprint density at radius 1 is 0.952 bits per heavy atom. The molecule has 2 aliphatic rings. The van der Waals surface area contributed by atoms with Crippen LogP contribution in [-0.2, 0) is 23.5 Å². The van der Waals surface area contributed by atoms with Crippen LogP contribution in [0.2, 0.25) is 0 Å². The number of rotatable bonds is 5. The third-order valence-corrected chi connectivity index (χ3v) is 9.34. The van der Waals surface area contributed by atoms with E-state index in [2.05, 4.69) is 86.0 Å². The number of amides is 1. The highest BCUT2D eigenvalue weighted by Crippen LogP contribution is 2.44. The molecule has 4 heterocycles. The number of hydrogen-bond acceptors (Lipinski definition) is 4. The lowest BCUT2D eigenvalue weighted by molar-refractivity contribution is -0.0741. The minimum Gasteiger partial charge on any atom is -0.441 e. The number of para-hydroxylation sites is 1.